The largest absolute Gasteiger partial charge is 0.496 e. The second kappa shape index (κ2) is 11.9. The van der Waals surface area contributed by atoms with Crippen molar-refractivity contribution in [3.63, 3.8) is 0 Å². The molecule has 0 spiro atoms. The number of benzene rings is 2. The lowest BCUT2D eigenvalue weighted by atomic mass is 10.0. The highest BCUT2D eigenvalue weighted by molar-refractivity contribution is 5.98. The highest BCUT2D eigenvalue weighted by atomic mass is 16.5. The molecule has 43 heavy (non-hydrogen) atoms. The summed E-state index contributed by atoms with van der Waals surface area (Å²) < 4.78 is 8.42. The number of anilines is 1. The van der Waals surface area contributed by atoms with Gasteiger partial charge in [0.25, 0.3) is 5.91 Å². The van der Waals surface area contributed by atoms with Crippen molar-refractivity contribution in [1.29, 1.82) is 0 Å². The zero-order valence-electron chi connectivity index (χ0n) is 24.0. The van der Waals surface area contributed by atoms with Gasteiger partial charge in [-0.05, 0) is 43.9 Å². The van der Waals surface area contributed by atoms with Crippen molar-refractivity contribution in [2.45, 2.75) is 45.3 Å². The fourth-order valence-electron chi connectivity index (χ4n) is 5.50. The van der Waals surface area contributed by atoms with Gasteiger partial charge in [-0.2, -0.15) is 14.9 Å². The number of nitrogens with two attached hydrogens (primary N) is 1. The van der Waals surface area contributed by atoms with Gasteiger partial charge in [0.05, 0.1) is 30.6 Å². The van der Waals surface area contributed by atoms with Crippen LogP contribution in [0.1, 0.15) is 40.7 Å². The Hall–Kier alpha value is -5.33. The van der Waals surface area contributed by atoms with Gasteiger partial charge in [0.2, 0.25) is 0 Å². The lowest BCUT2D eigenvalue weighted by molar-refractivity contribution is 0.0947. The number of carbonyl (C=O) groups is 2. The summed E-state index contributed by atoms with van der Waals surface area (Å²) in [4.78, 5) is 40.5. The maximum absolute atomic E-state index is 13.1. The fourth-order valence-corrected chi connectivity index (χ4v) is 5.50. The van der Waals surface area contributed by atoms with Crippen molar-refractivity contribution in [1.82, 2.24) is 44.7 Å². The minimum absolute atomic E-state index is 0.101. The molecule has 0 saturated carbocycles. The van der Waals surface area contributed by atoms with Gasteiger partial charge in [0.1, 0.15) is 36.2 Å². The summed E-state index contributed by atoms with van der Waals surface area (Å²) in [6, 6.07) is 12.9. The molecule has 3 N–H and O–H groups in total. The third-order valence-electron chi connectivity index (χ3n) is 7.71. The molecule has 1 saturated heterocycles. The Morgan fingerprint density at radius 1 is 1.09 bits per heavy atom. The molecule has 13 heteroatoms. The lowest BCUT2D eigenvalue weighted by Gasteiger charge is -2.35. The number of ether oxygens (including phenoxy) is 1. The predicted molar refractivity (Wildman–Crippen MR) is 159 cm³/mol. The standard InChI is InChI=1S/C30H32N10O3/c1-19-6-11-24(43-2)23(13-19)29(41)33-14-20-7-9-21(10-8-20)26-25-27(31)34-17-35-28(25)39(37-26)15-22-5-3-4-12-38(22)30(42)40-18-32-16-36-40/h6-11,13,16-18,22H,3-5,12,14-15H2,1-2H3,(H,33,41)(H2,31,34,35). The highest BCUT2D eigenvalue weighted by Gasteiger charge is 2.30. The van der Waals surface area contributed by atoms with Crippen LogP contribution >= 0.6 is 0 Å². The van der Waals surface area contributed by atoms with Crippen LogP contribution in [0.4, 0.5) is 10.6 Å². The smallest absolute Gasteiger partial charge is 0.346 e. The topological polar surface area (TPSA) is 159 Å². The van der Waals surface area contributed by atoms with Crippen molar-refractivity contribution < 1.29 is 14.3 Å². The first kappa shape index (κ1) is 27.8. The van der Waals surface area contributed by atoms with Gasteiger partial charge >= 0.3 is 6.03 Å². The van der Waals surface area contributed by atoms with Crippen LogP contribution in [0.2, 0.25) is 0 Å². The van der Waals surface area contributed by atoms with E-state index < -0.39 is 0 Å². The monoisotopic (exact) mass is 580 g/mol. The molecule has 0 aliphatic carbocycles. The molecule has 6 rings (SSSR count). The quantitative estimate of drug-likeness (QED) is 0.294. The van der Waals surface area contributed by atoms with Crippen molar-refractivity contribution >= 4 is 28.8 Å². The Bertz CT molecular complexity index is 1770. The van der Waals surface area contributed by atoms with Gasteiger partial charge in [-0.25, -0.2) is 24.4 Å². The molecule has 3 aromatic heterocycles. The number of aromatic nitrogens is 7. The molecule has 0 bridgehead atoms. The molecule has 1 aliphatic rings. The number of carbonyl (C=O) groups excluding carboxylic acids is 2. The fraction of sp³-hybridized carbons (Fsp3) is 0.300. The molecular formula is C30H32N10O3. The molecule has 0 radical (unpaired) electrons. The summed E-state index contributed by atoms with van der Waals surface area (Å²) in [5, 5.41) is 12.6. The SMILES string of the molecule is COc1ccc(C)cc1C(=O)NCc1ccc(-c2nn(CC3CCCCN3C(=O)n3cncn3)c3ncnc(N)c23)cc1. The number of amides is 2. The van der Waals surface area contributed by atoms with E-state index in [1.165, 1.54) is 23.7 Å². The van der Waals surface area contributed by atoms with Crippen LogP contribution in [0.15, 0.2) is 61.4 Å². The number of methoxy groups -OCH3 is 1. The van der Waals surface area contributed by atoms with E-state index in [0.29, 0.717) is 53.5 Å². The first-order chi connectivity index (χ1) is 20.9. The average Bonchev–Trinajstić information content (AvgIpc) is 3.70. The van der Waals surface area contributed by atoms with Gasteiger partial charge in [-0.1, -0.05) is 35.9 Å². The highest BCUT2D eigenvalue weighted by Crippen LogP contribution is 2.31. The van der Waals surface area contributed by atoms with Gasteiger partial charge in [-0.3, -0.25) is 4.79 Å². The number of piperidine rings is 1. The predicted octanol–water partition coefficient (Wildman–Crippen LogP) is 3.44. The minimum atomic E-state index is -0.212. The number of aryl methyl sites for hydroxylation is 1. The Labute approximate surface area is 247 Å². The van der Waals surface area contributed by atoms with E-state index in [9.17, 15) is 9.59 Å². The Balaban J connectivity index is 1.23. The van der Waals surface area contributed by atoms with E-state index in [2.05, 4.69) is 25.4 Å². The number of rotatable bonds is 7. The summed E-state index contributed by atoms with van der Waals surface area (Å²) in [6.45, 7) is 3.34. The number of nitrogens with one attached hydrogen (secondary N) is 1. The number of hydrogen-bond donors (Lipinski definition) is 2. The van der Waals surface area contributed by atoms with Crippen LogP contribution in [0.25, 0.3) is 22.3 Å². The molecule has 5 aromatic rings. The number of hydrogen-bond acceptors (Lipinski definition) is 9. The molecule has 13 nitrogen and oxygen atoms in total. The number of fused-ring (bicyclic) bond motifs is 1. The van der Waals surface area contributed by atoms with Crippen LogP contribution in [0.3, 0.4) is 0 Å². The van der Waals surface area contributed by atoms with Crippen LogP contribution in [-0.4, -0.2) is 71.0 Å². The molecule has 1 aliphatic heterocycles. The summed E-state index contributed by atoms with van der Waals surface area (Å²) in [7, 11) is 1.55. The number of nitrogen functional groups attached to an aromatic ring is 1. The second-order valence-electron chi connectivity index (χ2n) is 10.5. The minimum Gasteiger partial charge on any atom is -0.496 e. The third-order valence-corrected chi connectivity index (χ3v) is 7.71. The summed E-state index contributed by atoms with van der Waals surface area (Å²) >= 11 is 0. The van der Waals surface area contributed by atoms with Gasteiger partial charge in [0.15, 0.2) is 5.65 Å². The first-order valence-corrected chi connectivity index (χ1v) is 14.1. The molecule has 2 amide bonds. The maximum atomic E-state index is 13.1. The average molecular weight is 581 g/mol. The van der Waals surface area contributed by atoms with Crippen molar-refractivity contribution in [2.75, 3.05) is 19.4 Å². The van der Waals surface area contributed by atoms with E-state index in [0.717, 1.165) is 36.0 Å². The van der Waals surface area contributed by atoms with Crippen molar-refractivity contribution in [2.24, 2.45) is 0 Å². The van der Waals surface area contributed by atoms with Gasteiger partial charge < -0.3 is 20.7 Å². The second-order valence-corrected chi connectivity index (χ2v) is 10.5. The Morgan fingerprint density at radius 2 is 1.93 bits per heavy atom. The summed E-state index contributed by atoms with van der Waals surface area (Å²) in [5.41, 5.74) is 10.8. The molecule has 4 heterocycles. The first-order valence-electron chi connectivity index (χ1n) is 14.1. The molecule has 1 atom stereocenters. The van der Waals surface area contributed by atoms with Crippen LogP contribution in [0, 0.1) is 6.92 Å². The molecule has 1 fully saturated rings. The Morgan fingerprint density at radius 3 is 2.70 bits per heavy atom. The summed E-state index contributed by atoms with van der Waals surface area (Å²) in [5.74, 6) is 0.645. The van der Waals surface area contributed by atoms with Crippen molar-refractivity contribution in [3.05, 3.63) is 78.1 Å². The zero-order chi connectivity index (χ0) is 29.9. The number of nitrogens with zero attached hydrogens (tertiary/aromatic N) is 8. The lowest BCUT2D eigenvalue weighted by Crippen LogP contribution is -2.47. The van der Waals surface area contributed by atoms with E-state index in [4.69, 9.17) is 15.6 Å². The van der Waals surface area contributed by atoms with Crippen LogP contribution in [0.5, 0.6) is 5.75 Å². The summed E-state index contributed by atoms with van der Waals surface area (Å²) in [6.07, 6.45) is 6.94. The van der Waals surface area contributed by atoms with E-state index >= 15 is 0 Å². The third kappa shape index (κ3) is 5.61. The van der Waals surface area contributed by atoms with Gasteiger partial charge in [0, 0.05) is 18.7 Å². The molecule has 220 valence electrons. The molecule has 1 unspecified atom stereocenters. The van der Waals surface area contributed by atoms with E-state index in [-0.39, 0.29) is 18.0 Å². The van der Waals surface area contributed by atoms with Crippen LogP contribution in [-0.2, 0) is 13.1 Å². The molecule has 2 aromatic carbocycles. The van der Waals surface area contributed by atoms with E-state index in [1.807, 2.05) is 52.9 Å². The van der Waals surface area contributed by atoms with E-state index in [1.54, 1.807) is 13.2 Å². The number of likely N-dealkylation sites (tertiary alicyclic amines) is 1. The molecular weight excluding hydrogens is 548 g/mol. The zero-order valence-corrected chi connectivity index (χ0v) is 24.0. The Kier molecular flexibility index (Phi) is 7.69. The maximum Gasteiger partial charge on any atom is 0.346 e. The van der Waals surface area contributed by atoms with Gasteiger partial charge in [-0.15, -0.1) is 0 Å². The van der Waals surface area contributed by atoms with Crippen molar-refractivity contribution in [3.8, 4) is 17.0 Å². The normalized spacial score (nSPS) is 15.0. The van der Waals surface area contributed by atoms with Crippen LogP contribution < -0.4 is 15.8 Å².